The molecule has 7 nitrogen and oxygen atoms in total. The van der Waals surface area contributed by atoms with Crippen molar-refractivity contribution in [3.63, 3.8) is 0 Å². The highest BCUT2D eigenvalue weighted by molar-refractivity contribution is 5.85. The first-order valence-corrected chi connectivity index (χ1v) is 13.5. The van der Waals surface area contributed by atoms with Gasteiger partial charge in [-0.3, -0.25) is 19.5 Å². The van der Waals surface area contributed by atoms with Crippen LogP contribution in [-0.2, 0) is 6.18 Å². The summed E-state index contributed by atoms with van der Waals surface area (Å²) in [4.78, 5) is 32.5. The molecule has 3 aliphatic rings. The van der Waals surface area contributed by atoms with Gasteiger partial charge in [0.05, 0.1) is 24.2 Å². The summed E-state index contributed by atoms with van der Waals surface area (Å²) in [5.74, 6) is 1.51. The fraction of sp³-hybridized carbons (Fsp3) is 0.323. The summed E-state index contributed by atoms with van der Waals surface area (Å²) in [6.07, 6.45) is 1.20. The largest absolute Gasteiger partial charge is 0.497 e. The van der Waals surface area contributed by atoms with Crippen molar-refractivity contribution in [2.75, 3.05) is 30.8 Å². The van der Waals surface area contributed by atoms with Gasteiger partial charge in [0.25, 0.3) is 10.9 Å². The van der Waals surface area contributed by atoms with Gasteiger partial charge in [0, 0.05) is 29.9 Å². The standard InChI is InChI=1S/C31H29F3N4O3/c1-3-17-16-38-13-11-18(17)14-25(38)26(22-10-12-35-24-9-8-21(41-2)15-23(22)24)37-28-27(29(39)30(28)40)36-20-6-4-19(5-7-20)31(32,33)34/h3-10,12,15,17-18,25-26,36-37H,1,11,13-14,16H2,2H3/t17-,18-,25-,26-/m0/s1. The van der Waals surface area contributed by atoms with Crippen LogP contribution in [0.15, 0.2) is 77.0 Å². The van der Waals surface area contributed by atoms with Crippen molar-refractivity contribution in [2.45, 2.75) is 31.1 Å². The molecule has 0 saturated carbocycles. The van der Waals surface area contributed by atoms with Crippen LogP contribution in [-0.4, -0.2) is 36.1 Å². The summed E-state index contributed by atoms with van der Waals surface area (Å²) in [6.45, 7) is 5.79. The molecule has 0 aliphatic carbocycles. The Hall–Kier alpha value is -4.18. The second kappa shape index (κ2) is 10.3. The van der Waals surface area contributed by atoms with Crippen molar-refractivity contribution in [1.82, 2.24) is 9.88 Å². The Morgan fingerprint density at radius 3 is 2.51 bits per heavy atom. The fourth-order valence-corrected chi connectivity index (χ4v) is 6.34. The van der Waals surface area contributed by atoms with E-state index in [9.17, 15) is 22.8 Å². The molecule has 41 heavy (non-hydrogen) atoms. The Kier molecular flexibility index (Phi) is 6.81. The number of aromatic nitrogens is 1. The average molecular weight is 563 g/mol. The third-order valence-electron chi connectivity index (χ3n) is 8.55. The van der Waals surface area contributed by atoms with Gasteiger partial charge in [-0.05, 0) is 85.3 Å². The van der Waals surface area contributed by atoms with Crippen LogP contribution in [0.1, 0.15) is 30.0 Å². The monoisotopic (exact) mass is 562 g/mol. The van der Waals surface area contributed by atoms with Gasteiger partial charge in [0.15, 0.2) is 0 Å². The topological polar surface area (TPSA) is 83.6 Å². The molecule has 2 bridgehead atoms. The zero-order chi connectivity index (χ0) is 28.9. The van der Waals surface area contributed by atoms with Gasteiger partial charge in [-0.2, -0.15) is 13.2 Å². The number of methoxy groups -OCH3 is 1. The number of rotatable bonds is 8. The number of pyridine rings is 1. The molecule has 1 aromatic heterocycles. The minimum Gasteiger partial charge on any atom is -0.497 e. The van der Waals surface area contributed by atoms with Gasteiger partial charge >= 0.3 is 6.18 Å². The quantitative estimate of drug-likeness (QED) is 0.212. The van der Waals surface area contributed by atoms with Crippen LogP contribution in [0.25, 0.3) is 10.9 Å². The molecule has 1 unspecified atom stereocenters. The van der Waals surface area contributed by atoms with Crippen molar-refractivity contribution in [3.05, 3.63) is 99.0 Å². The maximum atomic E-state index is 13.0. The minimum absolute atomic E-state index is 0.0186. The normalized spacial score (nSPS) is 22.9. The highest BCUT2D eigenvalue weighted by Crippen LogP contribution is 2.44. The Morgan fingerprint density at radius 2 is 1.85 bits per heavy atom. The van der Waals surface area contributed by atoms with E-state index in [-0.39, 0.29) is 29.1 Å². The molecule has 0 radical (unpaired) electrons. The molecular weight excluding hydrogens is 533 g/mol. The lowest BCUT2D eigenvalue weighted by atomic mass is 9.73. The predicted octanol–water partition coefficient (Wildman–Crippen LogP) is 5.65. The smallest absolute Gasteiger partial charge is 0.416 e. The van der Waals surface area contributed by atoms with Crippen molar-refractivity contribution in [2.24, 2.45) is 11.8 Å². The van der Waals surface area contributed by atoms with E-state index in [0.29, 0.717) is 17.6 Å². The maximum absolute atomic E-state index is 13.0. The summed E-state index contributed by atoms with van der Waals surface area (Å²) < 4.78 is 44.6. The molecule has 0 spiro atoms. The van der Waals surface area contributed by atoms with Gasteiger partial charge in [0.1, 0.15) is 17.1 Å². The third-order valence-corrected chi connectivity index (χ3v) is 8.55. The van der Waals surface area contributed by atoms with Crippen molar-refractivity contribution in [3.8, 4) is 5.75 Å². The first-order valence-electron chi connectivity index (χ1n) is 13.5. The number of alkyl halides is 3. The lowest BCUT2D eigenvalue weighted by Gasteiger charge is -2.52. The number of halogens is 3. The number of ether oxygens (including phenoxy) is 1. The Bertz CT molecular complexity index is 1680. The van der Waals surface area contributed by atoms with E-state index < -0.39 is 22.6 Å². The predicted molar refractivity (Wildman–Crippen MR) is 153 cm³/mol. The van der Waals surface area contributed by atoms with Crippen molar-refractivity contribution >= 4 is 28.0 Å². The first-order chi connectivity index (χ1) is 19.7. The van der Waals surface area contributed by atoms with Gasteiger partial charge in [-0.15, -0.1) is 6.58 Å². The summed E-state index contributed by atoms with van der Waals surface area (Å²) in [6, 6.07) is 11.5. The van der Waals surface area contributed by atoms with E-state index >= 15 is 0 Å². The van der Waals surface area contributed by atoms with E-state index in [4.69, 9.17) is 4.74 Å². The van der Waals surface area contributed by atoms with Crippen LogP contribution in [0.2, 0.25) is 0 Å². The maximum Gasteiger partial charge on any atom is 0.416 e. The highest BCUT2D eigenvalue weighted by Gasteiger charge is 2.43. The lowest BCUT2D eigenvalue weighted by molar-refractivity contribution is -0.137. The average Bonchev–Trinajstić information content (AvgIpc) is 3.00. The first kappa shape index (κ1) is 27.0. The summed E-state index contributed by atoms with van der Waals surface area (Å²) in [5, 5.41) is 7.14. The van der Waals surface area contributed by atoms with Crippen LogP contribution >= 0.6 is 0 Å². The second-order valence-corrected chi connectivity index (χ2v) is 10.8. The number of hydrogen-bond donors (Lipinski definition) is 2. The number of piperidine rings is 3. The molecule has 7 rings (SSSR count). The molecule has 3 fully saturated rings. The molecule has 212 valence electrons. The Balaban J connectivity index is 1.39. The second-order valence-electron chi connectivity index (χ2n) is 10.8. The molecule has 3 aliphatic heterocycles. The molecule has 10 heteroatoms. The van der Waals surface area contributed by atoms with Crippen LogP contribution in [0, 0.1) is 11.8 Å². The van der Waals surface area contributed by atoms with Gasteiger partial charge in [-0.1, -0.05) is 6.08 Å². The van der Waals surface area contributed by atoms with Crippen LogP contribution in [0.4, 0.5) is 30.2 Å². The highest BCUT2D eigenvalue weighted by atomic mass is 19.4. The molecule has 2 N–H and O–H groups in total. The summed E-state index contributed by atoms with van der Waals surface area (Å²) in [7, 11) is 1.59. The van der Waals surface area contributed by atoms with Gasteiger partial charge in [-0.25, -0.2) is 0 Å². The van der Waals surface area contributed by atoms with E-state index in [1.54, 1.807) is 13.3 Å². The summed E-state index contributed by atoms with van der Waals surface area (Å²) in [5.41, 5.74) is -0.0711. The van der Waals surface area contributed by atoms with E-state index in [1.807, 2.05) is 30.3 Å². The Labute approximate surface area is 234 Å². The van der Waals surface area contributed by atoms with Crippen LogP contribution in [0.3, 0.4) is 0 Å². The molecule has 3 saturated heterocycles. The number of anilines is 3. The number of fused-ring (bicyclic) bond motifs is 4. The summed E-state index contributed by atoms with van der Waals surface area (Å²) >= 11 is 0. The fourth-order valence-electron chi connectivity index (χ4n) is 6.34. The van der Waals surface area contributed by atoms with E-state index in [0.717, 1.165) is 54.5 Å². The third kappa shape index (κ3) is 4.86. The molecular formula is C31H29F3N4O3. The molecule has 4 heterocycles. The van der Waals surface area contributed by atoms with Crippen molar-refractivity contribution in [1.29, 1.82) is 0 Å². The number of hydrogen-bond acceptors (Lipinski definition) is 7. The Morgan fingerprint density at radius 1 is 1.10 bits per heavy atom. The zero-order valence-electron chi connectivity index (χ0n) is 22.4. The van der Waals surface area contributed by atoms with Crippen molar-refractivity contribution < 1.29 is 17.9 Å². The van der Waals surface area contributed by atoms with E-state index in [1.165, 1.54) is 12.1 Å². The molecule has 4 aromatic rings. The zero-order valence-corrected chi connectivity index (χ0v) is 22.4. The van der Waals surface area contributed by atoms with Gasteiger partial charge in [0.2, 0.25) is 0 Å². The molecule has 5 atom stereocenters. The van der Waals surface area contributed by atoms with Crippen LogP contribution in [0.5, 0.6) is 5.75 Å². The molecule has 3 aromatic carbocycles. The molecule has 0 amide bonds. The minimum atomic E-state index is -4.48. The number of benzene rings is 2. The van der Waals surface area contributed by atoms with E-state index in [2.05, 4.69) is 27.1 Å². The number of nitrogens with zero attached hydrogens (tertiary/aromatic N) is 2. The number of nitrogens with one attached hydrogen (secondary N) is 2. The lowest BCUT2D eigenvalue weighted by Crippen LogP contribution is -2.56. The van der Waals surface area contributed by atoms with Gasteiger partial charge < -0.3 is 15.4 Å². The van der Waals surface area contributed by atoms with Crippen LogP contribution < -0.4 is 26.2 Å². The SMILES string of the molecule is C=C[C@H]1CN2CC[C@H]1C[C@H]2[C@@H](Nc1c(Nc2ccc(C(F)(F)F)cc2)c(=O)c1=O)c1ccnc2ccc(OC)cc12.